The van der Waals surface area contributed by atoms with Gasteiger partial charge in [0.05, 0.1) is 6.61 Å². The molecule has 0 heterocycles. The molecule has 0 saturated heterocycles. The highest BCUT2D eigenvalue weighted by Gasteiger charge is 2.40. The fourth-order valence-electron chi connectivity index (χ4n) is 1.94. The van der Waals surface area contributed by atoms with Crippen LogP contribution in [0.1, 0.15) is 26.7 Å². The smallest absolute Gasteiger partial charge is 0.321 e. The number of methoxy groups -OCH3 is 1. The Hall–Kier alpha value is -0.610. The van der Waals surface area contributed by atoms with Crippen LogP contribution in [0.3, 0.4) is 0 Å². The van der Waals surface area contributed by atoms with E-state index in [1.807, 2.05) is 18.7 Å². The van der Waals surface area contributed by atoms with Crippen LogP contribution in [0.4, 0.5) is 0 Å². The zero-order valence-corrected chi connectivity index (χ0v) is 9.77. The van der Waals surface area contributed by atoms with Gasteiger partial charge in [-0.1, -0.05) is 0 Å². The summed E-state index contributed by atoms with van der Waals surface area (Å²) in [6.45, 7) is 5.36. The maximum atomic E-state index is 11.2. The molecule has 4 nitrogen and oxygen atoms in total. The fourth-order valence-corrected chi connectivity index (χ4v) is 1.94. The highest BCUT2D eigenvalue weighted by Crippen LogP contribution is 2.36. The van der Waals surface area contributed by atoms with Crippen LogP contribution in [0.25, 0.3) is 0 Å². The average Bonchev–Trinajstić information content (AvgIpc) is 2.94. The zero-order valence-electron chi connectivity index (χ0n) is 9.77. The Labute approximate surface area is 91.2 Å². The Morgan fingerprint density at radius 2 is 2.13 bits per heavy atom. The SMILES string of the molecule is COCCN(C(C)C)C(C(=O)O)C1CC1. The molecule has 15 heavy (non-hydrogen) atoms. The Morgan fingerprint density at radius 3 is 2.47 bits per heavy atom. The first-order valence-electron chi connectivity index (χ1n) is 5.55. The zero-order chi connectivity index (χ0) is 11.4. The van der Waals surface area contributed by atoms with Gasteiger partial charge in [0.15, 0.2) is 0 Å². The number of carbonyl (C=O) groups is 1. The molecule has 0 aliphatic heterocycles. The van der Waals surface area contributed by atoms with Crippen LogP contribution >= 0.6 is 0 Å². The molecule has 0 amide bonds. The van der Waals surface area contributed by atoms with Crippen molar-refractivity contribution in [2.45, 2.75) is 38.8 Å². The van der Waals surface area contributed by atoms with Crippen LogP contribution in [0.15, 0.2) is 0 Å². The molecule has 88 valence electrons. The van der Waals surface area contributed by atoms with E-state index in [1.165, 1.54) is 0 Å². The summed E-state index contributed by atoms with van der Waals surface area (Å²) >= 11 is 0. The predicted octanol–water partition coefficient (Wildman–Crippen LogP) is 1.21. The van der Waals surface area contributed by atoms with Crippen LogP contribution < -0.4 is 0 Å². The van der Waals surface area contributed by atoms with Crippen molar-refractivity contribution in [2.24, 2.45) is 5.92 Å². The van der Waals surface area contributed by atoms with Gasteiger partial charge in [0, 0.05) is 19.7 Å². The lowest BCUT2D eigenvalue weighted by atomic mass is 10.1. The van der Waals surface area contributed by atoms with Gasteiger partial charge in [-0.2, -0.15) is 0 Å². The van der Waals surface area contributed by atoms with Gasteiger partial charge >= 0.3 is 5.97 Å². The minimum Gasteiger partial charge on any atom is -0.480 e. The fraction of sp³-hybridized carbons (Fsp3) is 0.909. The van der Waals surface area contributed by atoms with E-state index in [-0.39, 0.29) is 12.1 Å². The van der Waals surface area contributed by atoms with Crippen LogP contribution in [0, 0.1) is 5.92 Å². The van der Waals surface area contributed by atoms with Gasteiger partial charge in [-0.25, -0.2) is 0 Å². The molecule has 1 unspecified atom stereocenters. The molecule has 0 aromatic heterocycles. The summed E-state index contributed by atoms with van der Waals surface area (Å²) in [7, 11) is 1.64. The molecule has 1 atom stereocenters. The third-order valence-corrected chi connectivity index (χ3v) is 2.90. The third kappa shape index (κ3) is 3.47. The lowest BCUT2D eigenvalue weighted by molar-refractivity contribution is -0.145. The standard InChI is InChI=1S/C11H21NO3/c1-8(2)12(6-7-15-3)10(11(13)14)9-4-5-9/h8-10H,4-7H2,1-3H3,(H,13,14). The molecule has 0 aromatic carbocycles. The van der Waals surface area contributed by atoms with Crippen molar-refractivity contribution in [1.29, 1.82) is 0 Å². The third-order valence-electron chi connectivity index (χ3n) is 2.90. The molecule has 1 N–H and O–H groups in total. The van der Waals surface area contributed by atoms with Crippen molar-refractivity contribution in [3.63, 3.8) is 0 Å². The average molecular weight is 215 g/mol. The monoisotopic (exact) mass is 215 g/mol. The van der Waals surface area contributed by atoms with Crippen molar-refractivity contribution < 1.29 is 14.6 Å². The molecule has 1 rings (SSSR count). The Morgan fingerprint density at radius 1 is 1.53 bits per heavy atom. The number of aliphatic carboxylic acids is 1. The minimum atomic E-state index is -0.692. The summed E-state index contributed by atoms with van der Waals surface area (Å²) in [6.07, 6.45) is 2.10. The first kappa shape index (κ1) is 12.5. The Bertz CT molecular complexity index is 214. The van der Waals surface area contributed by atoms with Crippen molar-refractivity contribution in [3.8, 4) is 0 Å². The van der Waals surface area contributed by atoms with E-state index in [2.05, 4.69) is 0 Å². The molecule has 1 saturated carbocycles. The molecule has 1 fully saturated rings. The highest BCUT2D eigenvalue weighted by molar-refractivity contribution is 5.74. The second-order valence-electron chi connectivity index (χ2n) is 4.44. The van der Waals surface area contributed by atoms with E-state index >= 15 is 0 Å². The van der Waals surface area contributed by atoms with Gasteiger partial charge in [-0.3, -0.25) is 9.69 Å². The number of nitrogens with zero attached hydrogens (tertiary/aromatic N) is 1. The second-order valence-corrected chi connectivity index (χ2v) is 4.44. The molecule has 0 aromatic rings. The maximum Gasteiger partial charge on any atom is 0.321 e. The minimum absolute atomic E-state index is 0.252. The summed E-state index contributed by atoms with van der Waals surface area (Å²) in [5.41, 5.74) is 0. The maximum absolute atomic E-state index is 11.2. The molecule has 0 bridgehead atoms. The predicted molar refractivity (Wildman–Crippen MR) is 57.9 cm³/mol. The quantitative estimate of drug-likeness (QED) is 0.693. The molecule has 0 radical (unpaired) electrons. The van der Waals surface area contributed by atoms with Gasteiger partial charge < -0.3 is 9.84 Å². The van der Waals surface area contributed by atoms with Crippen LogP contribution in [-0.4, -0.2) is 48.3 Å². The van der Waals surface area contributed by atoms with Crippen LogP contribution in [-0.2, 0) is 9.53 Å². The Kier molecular flexibility index (Phi) is 4.54. The molecule has 1 aliphatic rings. The number of ether oxygens (including phenoxy) is 1. The molecule has 1 aliphatic carbocycles. The van der Waals surface area contributed by atoms with E-state index in [0.29, 0.717) is 19.1 Å². The molecular formula is C11H21NO3. The van der Waals surface area contributed by atoms with Gasteiger partial charge in [0.1, 0.15) is 6.04 Å². The van der Waals surface area contributed by atoms with E-state index < -0.39 is 5.97 Å². The number of hydrogen-bond acceptors (Lipinski definition) is 3. The molecular weight excluding hydrogens is 194 g/mol. The number of carboxylic acids is 1. The van der Waals surface area contributed by atoms with Crippen LogP contribution in [0.5, 0.6) is 0 Å². The van der Waals surface area contributed by atoms with Crippen molar-refractivity contribution in [3.05, 3.63) is 0 Å². The van der Waals surface area contributed by atoms with E-state index in [1.54, 1.807) is 7.11 Å². The van der Waals surface area contributed by atoms with E-state index in [4.69, 9.17) is 4.74 Å². The van der Waals surface area contributed by atoms with Gasteiger partial charge in [-0.05, 0) is 32.6 Å². The number of rotatable bonds is 7. The van der Waals surface area contributed by atoms with E-state index in [9.17, 15) is 9.90 Å². The first-order valence-corrected chi connectivity index (χ1v) is 5.55. The topological polar surface area (TPSA) is 49.8 Å². The summed E-state index contributed by atoms with van der Waals surface area (Å²) < 4.78 is 5.02. The van der Waals surface area contributed by atoms with Gasteiger partial charge in [0.2, 0.25) is 0 Å². The number of hydrogen-bond donors (Lipinski definition) is 1. The highest BCUT2D eigenvalue weighted by atomic mass is 16.5. The van der Waals surface area contributed by atoms with Gasteiger partial charge in [0.25, 0.3) is 0 Å². The van der Waals surface area contributed by atoms with E-state index in [0.717, 1.165) is 12.8 Å². The van der Waals surface area contributed by atoms with Crippen molar-refractivity contribution >= 4 is 5.97 Å². The normalized spacial score (nSPS) is 18.5. The molecule has 4 heteroatoms. The first-order chi connectivity index (χ1) is 7.07. The summed E-state index contributed by atoms with van der Waals surface area (Å²) in [5, 5.41) is 9.22. The summed E-state index contributed by atoms with van der Waals surface area (Å²) in [4.78, 5) is 13.2. The number of carboxylic acid groups (broad SMARTS) is 1. The van der Waals surface area contributed by atoms with Gasteiger partial charge in [-0.15, -0.1) is 0 Å². The lowest BCUT2D eigenvalue weighted by Crippen LogP contribution is -2.48. The largest absolute Gasteiger partial charge is 0.480 e. The summed E-state index contributed by atoms with van der Waals surface area (Å²) in [5.74, 6) is -0.343. The second kappa shape index (κ2) is 5.47. The summed E-state index contributed by atoms with van der Waals surface area (Å²) in [6, 6.07) is -0.0676. The van der Waals surface area contributed by atoms with Crippen molar-refractivity contribution in [2.75, 3.05) is 20.3 Å². The van der Waals surface area contributed by atoms with Crippen molar-refractivity contribution in [1.82, 2.24) is 4.90 Å². The lowest BCUT2D eigenvalue weighted by Gasteiger charge is -2.32. The molecule has 0 spiro atoms. The van der Waals surface area contributed by atoms with Crippen LogP contribution in [0.2, 0.25) is 0 Å². The Balaban J connectivity index is 2.61.